The number of hydrogen-bond acceptors (Lipinski definition) is 4. The molecule has 4 aromatic carbocycles. The molecule has 0 bridgehead atoms. The second-order valence-corrected chi connectivity index (χ2v) is 11.4. The number of hydrogen-bond donors (Lipinski definition) is 4. The molecule has 4 nitrogen and oxygen atoms in total. The zero-order valence-corrected chi connectivity index (χ0v) is 26.7. The lowest BCUT2D eigenvalue weighted by atomic mass is 9.94. The van der Waals surface area contributed by atoms with Crippen molar-refractivity contribution in [1.82, 2.24) is 0 Å². The Hall–Kier alpha value is -3.92. The molecule has 224 valence electrons. The summed E-state index contributed by atoms with van der Waals surface area (Å²) < 4.78 is 0. The van der Waals surface area contributed by atoms with E-state index in [1.807, 2.05) is 76.2 Å². The summed E-state index contributed by atoms with van der Waals surface area (Å²) in [5.74, 6) is 1.36. The van der Waals surface area contributed by atoms with Gasteiger partial charge >= 0.3 is 0 Å². The summed E-state index contributed by atoms with van der Waals surface area (Å²) in [7, 11) is 0. The Morgan fingerprint density at radius 3 is 0.714 bits per heavy atom. The molecular weight excluding hydrogens is 520 g/mol. The number of benzene rings is 4. The van der Waals surface area contributed by atoms with Crippen molar-refractivity contribution in [3.05, 3.63) is 115 Å². The first-order valence-corrected chi connectivity index (χ1v) is 15.2. The van der Waals surface area contributed by atoms with E-state index < -0.39 is 0 Å². The molecule has 0 atom stereocenters. The third kappa shape index (κ3) is 7.67. The maximum absolute atomic E-state index is 10.3. The van der Waals surface area contributed by atoms with Gasteiger partial charge < -0.3 is 20.4 Å². The van der Waals surface area contributed by atoms with Gasteiger partial charge in [-0.15, -0.1) is 0 Å². The van der Waals surface area contributed by atoms with E-state index in [1.165, 1.54) is 22.3 Å². The molecule has 0 aliphatic rings. The van der Waals surface area contributed by atoms with Crippen molar-refractivity contribution in [2.75, 3.05) is 0 Å². The number of aromatic hydroxyl groups is 4. The largest absolute Gasteiger partial charge is 0.507 e. The lowest BCUT2D eigenvalue weighted by Crippen LogP contribution is -1.97. The number of phenols is 4. The van der Waals surface area contributed by atoms with Crippen LogP contribution in [0.3, 0.4) is 0 Å². The minimum absolute atomic E-state index is 0.339. The van der Waals surface area contributed by atoms with Gasteiger partial charge in [-0.2, -0.15) is 0 Å². The first kappa shape index (κ1) is 32.6. The van der Waals surface area contributed by atoms with Crippen LogP contribution in [0.5, 0.6) is 23.0 Å². The predicted octanol–water partition coefficient (Wildman–Crippen LogP) is 8.86. The Balaban J connectivity index is 0.000000230. The molecule has 4 rings (SSSR count). The van der Waals surface area contributed by atoms with Gasteiger partial charge in [0.15, 0.2) is 0 Å². The quantitative estimate of drug-likeness (QED) is 0.171. The van der Waals surface area contributed by atoms with E-state index in [0.29, 0.717) is 35.8 Å². The second kappa shape index (κ2) is 14.3. The lowest BCUT2D eigenvalue weighted by molar-refractivity contribution is 0.457. The Morgan fingerprint density at radius 1 is 0.357 bits per heavy atom. The molecule has 4 heteroatoms. The van der Waals surface area contributed by atoms with Gasteiger partial charge in [-0.05, 0) is 120 Å². The second-order valence-electron chi connectivity index (χ2n) is 11.4. The Morgan fingerprint density at radius 2 is 0.548 bits per heavy atom. The van der Waals surface area contributed by atoms with Crippen LogP contribution in [0.2, 0.25) is 0 Å². The highest BCUT2D eigenvalue weighted by molar-refractivity contribution is 5.51. The van der Waals surface area contributed by atoms with Gasteiger partial charge in [0.05, 0.1) is 0 Å². The lowest BCUT2D eigenvalue weighted by Gasteiger charge is -2.13. The summed E-state index contributed by atoms with van der Waals surface area (Å²) in [5.41, 5.74) is 12.0. The molecule has 0 saturated heterocycles. The molecule has 0 saturated carbocycles. The Bertz CT molecular complexity index is 1320. The van der Waals surface area contributed by atoms with Crippen LogP contribution in [0.1, 0.15) is 94.5 Å². The van der Waals surface area contributed by atoms with E-state index in [9.17, 15) is 20.4 Å². The van der Waals surface area contributed by atoms with Crippen molar-refractivity contribution in [2.24, 2.45) is 0 Å². The Labute approximate surface area is 252 Å². The molecule has 0 heterocycles. The van der Waals surface area contributed by atoms with Gasteiger partial charge in [-0.3, -0.25) is 0 Å². The van der Waals surface area contributed by atoms with Gasteiger partial charge in [-0.1, -0.05) is 76.2 Å². The molecule has 0 unspecified atom stereocenters. The number of rotatable bonds is 8. The van der Waals surface area contributed by atoms with E-state index in [1.54, 1.807) is 0 Å². The molecule has 0 aromatic heterocycles. The maximum atomic E-state index is 10.3. The summed E-state index contributed by atoms with van der Waals surface area (Å²) in [6, 6.07) is 16.2. The molecule has 4 N–H and O–H groups in total. The van der Waals surface area contributed by atoms with Crippen molar-refractivity contribution in [1.29, 1.82) is 0 Å². The fourth-order valence-electron chi connectivity index (χ4n) is 5.50. The molecular formula is C38H48O4. The van der Waals surface area contributed by atoms with Crippen LogP contribution in [-0.4, -0.2) is 20.4 Å². The average Bonchev–Trinajstić information content (AvgIpc) is 2.97. The van der Waals surface area contributed by atoms with E-state index in [0.717, 1.165) is 70.2 Å². The van der Waals surface area contributed by atoms with Gasteiger partial charge in [0.2, 0.25) is 0 Å². The minimum Gasteiger partial charge on any atom is -0.507 e. The average molecular weight is 569 g/mol. The summed E-state index contributed by atoms with van der Waals surface area (Å²) >= 11 is 0. The van der Waals surface area contributed by atoms with Crippen molar-refractivity contribution < 1.29 is 20.4 Å². The van der Waals surface area contributed by atoms with Gasteiger partial charge in [0.25, 0.3) is 0 Å². The van der Waals surface area contributed by atoms with Crippen molar-refractivity contribution in [3.63, 3.8) is 0 Å². The fourth-order valence-corrected chi connectivity index (χ4v) is 5.50. The van der Waals surface area contributed by atoms with Crippen LogP contribution in [-0.2, 0) is 38.5 Å². The molecule has 0 spiro atoms. The highest BCUT2D eigenvalue weighted by Gasteiger charge is 2.14. The zero-order chi connectivity index (χ0) is 31.1. The summed E-state index contributed by atoms with van der Waals surface area (Å²) in [5, 5.41) is 41.1. The maximum Gasteiger partial charge on any atom is 0.122 e. The fraction of sp³-hybridized carbons (Fsp3) is 0.368. The van der Waals surface area contributed by atoms with Crippen molar-refractivity contribution in [3.8, 4) is 23.0 Å². The monoisotopic (exact) mass is 568 g/mol. The molecule has 0 aliphatic carbocycles. The van der Waals surface area contributed by atoms with Crippen LogP contribution in [0, 0.1) is 27.7 Å². The topological polar surface area (TPSA) is 80.9 Å². The van der Waals surface area contributed by atoms with Crippen LogP contribution >= 0.6 is 0 Å². The van der Waals surface area contributed by atoms with E-state index in [4.69, 9.17) is 0 Å². The van der Waals surface area contributed by atoms with E-state index in [-0.39, 0.29) is 0 Å². The minimum atomic E-state index is 0.339. The smallest absolute Gasteiger partial charge is 0.122 e. The first-order valence-electron chi connectivity index (χ1n) is 15.2. The van der Waals surface area contributed by atoms with E-state index in [2.05, 4.69) is 27.7 Å². The highest BCUT2D eigenvalue weighted by Crippen LogP contribution is 2.33. The first-order chi connectivity index (χ1) is 19.9. The van der Waals surface area contributed by atoms with Crippen LogP contribution in [0.4, 0.5) is 0 Å². The van der Waals surface area contributed by atoms with Crippen LogP contribution < -0.4 is 0 Å². The molecule has 0 aliphatic heterocycles. The third-order valence-electron chi connectivity index (χ3n) is 8.15. The van der Waals surface area contributed by atoms with Gasteiger partial charge in [0, 0.05) is 12.8 Å². The molecule has 4 aromatic rings. The van der Waals surface area contributed by atoms with Gasteiger partial charge in [0.1, 0.15) is 23.0 Å². The van der Waals surface area contributed by atoms with E-state index >= 15 is 0 Å². The predicted molar refractivity (Wildman–Crippen MR) is 174 cm³/mol. The summed E-state index contributed by atoms with van der Waals surface area (Å²) in [6.45, 7) is 16.1. The normalized spacial score (nSPS) is 10.9. The molecule has 0 fully saturated rings. The standard InChI is InChI=1S/2C19H24O2/c2*1-5-14-7-12(3)18(20)16(9-14)11-17-10-15(6-2)8-13(4)19(17)21/h2*7-10,20-21H,5-6,11H2,1-4H3. The molecule has 0 radical (unpaired) electrons. The van der Waals surface area contributed by atoms with Crippen LogP contribution in [0.15, 0.2) is 48.5 Å². The van der Waals surface area contributed by atoms with Crippen LogP contribution in [0.25, 0.3) is 0 Å². The number of phenolic OH excluding ortho intramolecular Hbond substituents is 4. The van der Waals surface area contributed by atoms with Gasteiger partial charge in [-0.25, -0.2) is 0 Å². The zero-order valence-electron chi connectivity index (χ0n) is 26.7. The van der Waals surface area contributed by atoms with Crippen molar-refractivity contribution in [2.45, 2.75) is 93.9 Å². The number of aryl methyl sites for hydroxylation is 8. The van der Waals surface area contributed by atoms with Crippen molar-refractivity contribution >= 4 is 0 Å². The SMILES string of the molecule is CCc1cc(C)c(O)c(Cc2cc(CC)cc(C)c2O)c1.CCc1cc(C)c(O)c(Cc2cc(CC)cc(C)c2O)c1. The molecule has 42 heavy (non-hydrogen) atoms. The third-order valence-corrected chi connectivity index (χ3v) is 8.15. The molecule has 0 amide bonds. The highest BCUT2D eigenvalue weighted by atomic mass is 16.3. The summed E-state index contributed by atoms with van der Waals surface area (Å²) in [4.78, 5) is 0. The summed E-state index contributed by atoms with van der Waals surface area (Å²) in [6.07, 6.45) is 4.87. The Kier molecular flexibility index (Phi) is 11.1.